The van der Waals surface area contributed by atoms with E-state index in [1.54, 1.807) is 20.8 Å². The fourth-order valence-electron chi connectivity index (χ4n) is 1.96. The lowest BCUT2D eigenvalue weighted by molar-refractivity contribution is 0.0119. The number of methoxy groups -OCH3 is 1. The Hall–Kier alpha value is -1.93. The van der Waals surface area contributed by atoms with Gasteiger partial charge in [-0.05, 0) is 44.9 Å². The molecule has 0 saturated heterocycles. The molecule has 0 aromatic heterocycles. The number of carbonyl (C=O) groups excluding carboxylic acids is 1. The van der Waals surface area contributed by atoms with Gasteiger partial charge in [0.2, 0.25) is 0 Å². The molecule has 0 saturated carbocycles. The van der Waals surface area contributed by atoms with Gasteiger partial charge in [0.1, 0.15) is 11.7 Å². The van der Waals surface area contributed by atoms with Crippen LogP contribution in [0.3, 0.4) is 0 Å². The number of aliphatic hydroxyl groups is 2. The van der Waals surface area contributed by atoms with E-state index in [9.17, 15) is 23.8 Å². The summed E-state index contributed by atoms with van der Waals surface area (Å²) in [7, 11) is 1.12. The highest BCUT2D eigenvalue weighted by Gasteiger charge is 2.23. The topological polar surface area (TPSA) is 88.0 Å². The third-order valence-corrected chi connectivity index (χ3v) is 3.04. The van der Waals surface area contributed by atoms with E-state index in [0.29, 0.717) is 0 Å². The third kappa shape index (κ3) is 5.93. The van der Waals surface area contributed by atoms with Crippen LogP contribution in [-0.4, -0.2) is 41.7 Å². The van der Waals surface area contributed by atoms with E-state index in [1.165, 1.54) is 0 Å². The molecule has 0 aliphatic heterocycles. The second kappa shape index (κ2) is 8.25. The van der Waals surface area contributed by atoms with Crippen molar-refractivity contribution >= 4 is 6.09 Å². The average molecular weight is 347 g/mol. The summed E-state index contributed by atoms with van der Waals surface area (Å²) < 4.78 is 36.8. The van der Waals surface area contributed by atoms with Crippen molar-refractivity contribution in [1.82, 2.24) is 5.32 Å². The maximum Gasteiger partial charge on any atom is 0.407 e. The fraction of sp³-hybridized carbons (Fsp3) is 0.562. The summed E-state index contributed by atoms with van der Waals surface area (Å²) in [5.41, 5.74) is -0.782. The standard InChI is InChI=1S/C16H23F2NO5/c1-16(2,3)24-15(22)19-6-5-12(20)13(21)9-7-10(17)14(23-4)11(18)8-9/h7-8,12-13,20-21H,5-6H2,1-4H3,(H,19,22). The Kier molecular flexibility index (Phi) is 6.92. The van der Waals surface area contributed by atoms with E-state index < -0.39 is 41.3 Å². The number of carbonyl (C=O) groups is 1. The number of rotatable bonds is 6. The summed E-state index contributed by atoms with van der Waals surface area (Å²) in [6.07, 6.45) is -3.53. The van der Waals surface area contributed by atoms with Gasteiger partial charge in [-0.1, -0.05) is 0 Å². The molecule has 3 N–H and O–H groups in total. The number of nitrogens with one attached hydrogen (secondary N) is 1. The summed E-state index contributed by atoms with van der Waals surface area (Å²) in [6, 6.07) is 1.77. The van der Waals surface area contributed by atoms with Crippen LogP contribution >= 0.6 is 0 Å². The van der Waals surface area contributed by atoms with Crippen molar-refractivity contribution in [2.75, 3.05) is 13.7 Å². The largest absolute Gasteiger partial charge is 0.491 e. The molecule has 1 rings (SSSR count). The van der Waals surface area contributed by atoms with Crippen molar-refractivity contribution in [3.63, 3.8) is 0 Å². The first-order valence-corrected chi connectivity index (χ1v) is 7.41. The molecule has 136 valence electrons. The molecule has 1 amide bonds. The molecule has 0 radical (unpaired) electrons. The Morgan fingerprint density at radius 1 is 1.25 bits per heavy atom. The van der Waals surface area contributed by atoms with Crippen LogP contribution in [0.25, 0.3) is 0 Å². The lowest BCUT2D eigenvalue weighted by Gasteiger charge is -2.21. The number of alkyl carbamates (subject to hydrolysis) is 1. The number of ether oxygens (including phenoxy) is 2. The fourth-order valence-corrected chi connectivity index (χ4v) is 1.96. The summed E-state index contributed by atoms with van der Waals surface area (Å²) in [6.45, 7) is 5.14. The molecule has 0 aliphatic carbocycles. The predicted molar refractivity (Wildman–Crippen MR) is 82.7 cm³/mol. The first kappa shape index (κ1) is 20.1. The lowest BCUT2D eigenvalue weighted by Crippen LogP contribution is -2.34. The van der Waals surface area contributed by atoms with Crippen LogP contribution in [0.4, 0.5) is 13.6 Å². The number of hydrogen-bond donors (Lipinski definition) is 3. The Morgan fingerprint density at radius 2 is 1.79 bits per heavy atom. The Labute approximate surface area is 139 Å². The van der Waals surface area contributed by atoms with E-state index in [-0.39, 0.29) is 18.5 Å². The SMILES string of the molecule is COc1c(F)cc(C(O)C(O)CCNC(=O)OC(C)(C)C)cc1F. The van der Waals surface area contributed by atoms with Crippen LogP contribution in [-0.2, 0) is 4.74 Å². The van der Waals surface area contributed by atoms with E-state index in [4.69, 9.17) is 4.74 Å². The quantitative estimate of drug-likeness (QED) is 0.735. The van der Waals surface area contributed by atoms with Crippen LogP contribution < -0.4 is 10.1 Å². The zero-order chi connectivity index (χ0) is 18.5. The van der Waals surface area contributed by atoms with Gasteiger partial charge in [0, 0.05) is 6.54 Å². The number of benzene rings is 1. The first-order valence-electron chi connectivity index (χ1n) is 7.41. The molecule has 2 unspecified atom stereocenters. The molecule has 0 fully saturated rings. The lowest BCUT2D eigenvalue weighted by atomic mass is 10.0. The molecule has 8 heteroatoms. The number of amides is 1. The highest BCUT2D eigenvalue weighted by Crippen LogP contribution is 2.27. The minimum Gasteiger partial charge on any atom is -0.491 e. The second-order valence-electron chi connectivity index (χ2n) is 6.25. The van der Waals surface area contributed by atoms with Crippen LogP contribution in [0, 0.1) is 11.6 Å². The Morgan fingerprint density at radius 3 is 2.25 bits per heavy atom. The number of halogens is 2. The summed E-state index contributed by atoms with van der Waals surface area (Å²) >= 11 is 0. The molecule has 0 bridgehead atoms. The molecule has 24 heavy (non-hydrogen) atoms. The molecule has 0 spiro atoms. The van der Waals surface area contributed by atoms with Crippen molar-refractivity contribution in [2.45, 2.75) is 45.0 Å². The van der Waals surface area contributed by atoms with Crippen LogP contribution in [0.1, 0.15) is 38.9 Å². The zero-order valence-electron chi connectivity index (χ0n) is 14.1. The van der Waals surface area contributed by atoms with Crippen molar-refractivity contribution in [3.8, 4) is 5.75 Å². The van der Waals surface area contributed by atoms with Crippen molar-refractivity contribution in [3.05, 3.63) is 29.3 Å². The van der Waals surface area contributed by atoms with Crippen molar-refractivity contribution in [1.29, 1.82) is 0 Å². The minimum atomic E-state index is -1.51. The number of aliphatic hydroxyl groups excluding tert-OH is 2. The van der Waals surface area contributed by atoms with E-state index in [0.717, 1.165) is 19.2 Å². The third-order valence-electron chi connectivity index (χ3n) is 3.04. The van der Waals surface area contributed by atoms with Crippen molar-refractivity contribution in [2.24, 2.45) is 0 Å². The normalized spacial score (nSPS) is 14.0. The Bertz CT molecular complexity index is 551. The first-order chi connectivity index (χ1) is 11.0. The summed E-state index contributed by atoms with van der Waals surface area (Å²) in [5, 5.41) is 22.3. The second-order valence-corrected chi connectivity index (χ2v) is 6.25. The average Bonchev–Trinajstić information content (AvgIpc) is 2.44. The van der Waals surface area contributed by atoms with Crippen LogP contribution in [0.2, 0.25) is 0 Å². The maximum atomic E-state index is 13.6. The maximum absolute atomic E-state index is 13.6. The highest BCUT2D eigenvalue weighted by molar-refractivity contribution is 5.67. The molecule has 2 atom stereocenters. The summed E-state index contributed by atoms with van der Waals surface area (Å²) in [5.74, 6) is -2.52. The van der Waals surface area contributed by atoms with E-state index in [1.807, 2.05) is 0 Å². The van der Waals surface area contributed by atoms with Gasteiger partial charge in [-0.15, -0.1) is 0 Å². The van der Waals surface area contributed by atoms with E-state index in [2.05, 4.69) is 10.1 Å². The molecule has 0 heterocycles. The molecular weight excluding hydrogens is 324 g/mol. The molecule has 1 aromatic carbocycles. The van der Waals surface area contributed by atoms with Gasteiger partial charge in [0.05, 0.1) is 13.2 Å². The highest BCUT2D eigenvalue weighted by atomic mass is 19.1. The van der Waals surface area contributed by atoms with Crippen molar-refractivity contribution < 1.29 is 33.3 Å². The van der Waals surface area contributed by atoms with Crippen LogP contribution in [0.15, 0.2) is 12.1 Å². The Balaban J connectivity index is 2.59. The van der Waals surface area contributed by atoms with Gasteiger partial charge in [-0.2, -0.15) is 0 Å². The predicted octanol–water partition coefficient (Wildman–Crippen LogP) is 2.28. The van der Waals surface area contributed by atoms with E-state index >= 15 is 0 Å². The molecular formula is C16H23F2NO5. The van der Waals surface area contributed by atoms with Gasteiger partial charge in [0.15, 0.2) is 17.4 Å². The van der Waals surface area contributed by atoms with Crippen LogP contribution in [0.5, 0.6) is 5.75 Å². The minimum absolute atomic E-state index is 0.0221. The number of hydrogen-bond acceptors (Lipinski definition) is 5. The van der Waals surface area contributed by atoms with Gasteiger partial charge >= 0.3 is 6.09 Å². The molecule has 1 aromatic rings. The van der Waals surface area contributed by atoms with Gasteiger partial charge < -0.3 is 25.0 Å². The monoisotopic (exact) mass is 347 g/mol. The smallest absolute Gasteiger partial charge is 0.407 e. The van der Waals surface area contributed by atoms with Gasteiger partial charge in [-0.3, -0.25) is 0 Å². The molecule has 0 aliphatic rings. The zero-order valence-corrected chi connectivity index (χ0v) is 14.1. The van der Waals surface area contributed by atoms with Gasteiger partial charge in [0.25, 0.3) is 0 Å². The summed E-state index contributed by atoms with van der Waals surface area (Å²) in [4.78, 5) is 11.4. The van der Waals surface area contributed by atoms with Gasteiger partial charge in [-0.25, -0.2) is 13.6 Å². The molecule has 6 nitrogen and oxygen atoms in total.